The molecular weight excluding hydrogens is 266 g/mol. The molecule has 0 amide bonds. The van der Waals surface area contributed by atoms with Crippen LogP contribution in [0.3, 0.4) is 0 Å². The second-order valence-corrected chi connectivity index (χ2v) is 4.95. The van der Waals surface area contributed by atoms with Crippen LogP contribution < -0.4 is 4.74 Å². The minimum atomic E-state index is 0.754. The second-order valence-electron chi connectivity index (χ2n) is 4.10. The lowest BCUT2D eigenvalue weighted by Crippen LogP contribution is -1.90. The van der Waals surface area contributed by atoms with E-state index in [2.05, 4.69) is 28.1 Å². The Hall–Kier alpha value is -1.27. The van der Waals surface area contributed by atoms with Gasteiger partial charge in [0, 0.05) is 18.1 Å². The molecule has 16 heavy (non-hydrogen) atoms. The molecule has 0 fully saturated rings. The van der Waals surface area contributed by atoms with Crippen molar-refractivity contribution in [2.45, 2.75) is 19.3 Å². The number of hydrogen-bond acceptors (Lipinski definition) is 2. The Balaban J connectivity index is 2.27. The van der Waals surface area contributed by atoms with Gasteiger partial charge in [-0.15, -0.1) is 0 Å². The van der Waals surface area contributed by atoms with Gasteiger partial charge in [-0.05, 0) is 51.5 Å². The predicted molar refractivity (Wildman–Crippen MR) is 65.3 cm³/mol. The first-order chi connectivity index (χ1) is 7.81. The van der Waals surface area contributed by atoms with Gasteiger partial charge in [-0.25, -0.2) is 0 Å². The van der Waals surface area contributed by atoms with E-state index in [1.54, 1.807) is 6.08 Å². The summed E-state index contributed by atoms with van der Waals surface area (Å²) in [6, 6.07) is 4.28. The lowest BCUT2D eigenvalue weighted by molar-refractivity contribution is 0.355. The van der Waals surface area contributed by atoms with Crippen LogP contribution in [0.5, 0.6) is 5.75 Å². The van der Waals surface area contributed by atoms with E-state index in [0.717, 1.165) is 36.1 Å². The van der Waals surface area contributed by atoms with E-state index in [1.165, 1.54) is 22.3 Å². The number of fused-ring (bicyclic) bond motifs is 3. The number of nitrogens with zero attached hydrogens (tertiary/aromatic N) is 1. The van der Waals surface area contributed by atoms with Gasteiger partial charge >= 0.3 is 0 Å². The fourth-order valence-corrected chi connectivity index (χ4v) is 3.24. The van der Waals surface area contributed by atoms with Gasteiger partial charge in [0.1, 0.15) is 5.75 Å². The quantitative estimate of drug-likeness (QED) is 0.681. The van der Waals surface area contributed by atoms with Crippen molar-refractivity contribution in [1.82, 2.24) is 0 Å². The zero-order chi connectivity index (χ0) is 11.1. The van der Waals surface area contributed by atoms with Crippen molar-refractivity contribution in [1.29, 1.82) is 5.26 Å². The smallest absolute Gasteiger partial charge is 0.137 e. The van der Waals surface area contributed by atoms with Gasteiger partial charge in [-0.2, -0.15) is 5.26 Å². The van der Waals surface area contributed by atoms with E-state index >= 15 is 0 Å². The fourth-order valence-electron chi connectivity index (χ4n) is 2.61. The van der Waals surface area contributed by atoms with Crippen molar-refractivity contribution in [3.05, 3.63) is 33.3 Å². The molecule has 1 aliphatic carbocycles. The highest BCUT2D eigenvalue weighted by Gasteiger charge is 2.27. The first-order valence-electron chi connectivity index (χ1n) is 5.37. The topological polar surface area (TPSA) is 33.0 Å². The molecule has 0 bridgehead atoms. The summed E-state index contributed by atoms with van der Waals surface area (Å²) in [7, 11) is 0. The molecular formula is C13H10BrNO. The van der Waals surface area contributed by atoms with Crippen LogP contribution >= 0.6 is 15.9 Å². The van der Waals surface area contributed by atoms with Crippen molar-refractivity contribution in [3.63, 3.8) is 0 Å². The molecule has 0 atom stereocenters. The highest BCUT2D eigenvalue weighted by molar-refractivity contribution is 9.10. The SMILES string of the molecule is N#C/C=C1\CCc2cc(Br)c3c(c21)CCO3. The molecule has 0 saturated heterocycles. The highest BCUT2D eigenvalue weighted by atomic mass is 79.9. The maximum absolute atomic E-state index is 8.79. The van der Waals surface area contributed by atoms with Crippen LogP contribution in [0.25, 0.3) is 5.57 Å². The van der Waals surface area contributed by atoms with Crippen LogP contribution in [0, 0.1) is 11.3 Å². The zero-order valence-corrected chi connectivity index (χ0v) is 10.3. The minimum Gasteiger partial charge on any atom is -0.492 e. The fraction of sp³-hybridized carbons (Fsp3) is 0.308. The van der Waals surface area contributed by atoms with E-state index in [0.29, 0.717) is 0 Å². The van der Waals surface area contributed by atoms with Crippen molar-refractivity contribution in [2.75, 3.05) is 6.61 Å². The number of rotatable bonds is 0. The molecule has 0 N–H and O–H groups in total. The first-order valence-corrected chi connectivity index (χ1v) is 6.16. The Morgan fingerprint density at radius 2 is 2.25 bits per heavy atom. The molecule has 2 nitrogen and oxygen atoms in total. The molecule has 1 aromatic carbocycles. The highest BCUT2D eigenvalue weighted by Crippen LogP contribution is 2.45. The second kappa shape index (κ2) is 3.64. The van der Waals surface area contributed by atoms with Crippen molar-refractivity contribution < 1.29 is 4.74 Å². The first kappa shape index (κ1) is 9.92. The summed E-state index contributed by atoms with van der Waals surface area (Å²) in [5.74, 6) is 0.976. The van der Waals surface area contributed by atoms with Crippen LogP contribution in [0.4, 0.5) is 0 Å². The third kappa shape index (κ3) is 1.30. The third-order valence-corrected chi connectivity index (χ3v) is 3.83. The van der Waals surface area contributed by atoms with Gasteiger partial charge in [0.05, 0.1) is 17.1 Å². The number of nitriles is 1. The summed E-state index contributed by atoms with van der Waals surface area (Å²) < 4.78 is 6.68. The normalized spacial score (nSPS) is 19.1. The van der Waals surface area contributed by atoms with Crippen LogP contribution in [0.1, 0.15) is 23.1 Å². The largest absolute Gasteiger partial charge is 0.492 e. The van der Waals surface area contributed by atoms with Gasteiger partial charge in [0.25, 0.3) is 0 Å². The number of halogens is 1. The predicted octanol–water partition coefficient (Wildman–Crippen LogP) is 3.24. The maximum Gasteiger partial charge on any atom is 0.137 e. The summed E-state index contributed by atoms with van der Waals surface area (Å²) >= 11 is 3.55. The Labute approximate surface area is 103 Å². The summed E-state index contributed by atoms with van der Waals surface area (Å²) in [5.41, 5.74) is 5.07. The van der Waals surface area contributed by atoms with Gasteiger partial charge in [-0.1, -0.05) is 0 Å². The lowest BCUT2D eigenvalue weighted by Gasteiger charge is -2.09. The number of hydrogen-bond donors (Lipinski definition) is 0. The van der Waals surface area contributed by atoms with E-state index < -0.39 is 0 Å². The molecule has 1 aliphatic heterocycles. The summed E-state index contributed by atoms with van der Waals surface area (Å²) in [4.78, 5) is 0. The monoisotopic (exact) mass is 275 g/mol. The molecule has 0 radical (unpaired) electrons. The van der Waals surface area contributed by atoms with Crippen LogP contribution in [0.2, 0.25) is 0 Å². The number of allylic oxidation sites excluding steroid dienone is 2. The van der Waals surface area contributed by atoms with Crippen molar-refractivity contribution in [3.8, 4) is 11.8 Å². The van der Waals surface area contributed by atoms with Crippen LogP contribution in [-0.2, 0) is 12.8 Å². The van der Waals surface area contributed by atoms with E-state index in [1.807, 2.05) is 0 Å². The number of ether oxygens (including phenoxy) is 1. The number of aryl methyl sites for hydroxylation is 1. The molecule has 3 heteroatoms. The molecule has 3 rings (SSSR count). The van der Waals surface area contributed by atoms with E-state index in [-0.39, 0.29) is 0 Å². The Morgan fingerprint density at radius 3 is 3.06 bits per heavy atom. The van der Waals surface area contributed by atoms with Gasteiger partial charge < -0.3 is 4.74 Å². The minimum absolute atomic E-state index is 0.754. The lowest BCUT2D eigenvalue weighted by atomic mass is 9.98. The van der Waals surface area contributed by atoms with Crippen molar-refractivity contribution in [2.24, 2.45) is 0 Å². The molecule has 0 saturated carbocycles. The van der Waals surface area contributed by atoms with Gasteiger partial charge in [0.15, 0.2) is 0 Å². The standard InChI is InChI=1S/C13H10BrNO/c14-11-7-9-2-1-8(3-5-15)12(9)10-4-6-16-13(10)11/h3,7H,1-2,4,6H2/b8-3+. The van der Waals surface area contributed by atoms with Crippen molar-refractivity contribution >= 4 is 21.5 Å². The van der Waals surface area contributed by atoms with E-state index in [9.17, 15) is 0 Å². The molecule has 0 spiro atoms. The van der Waals surface area contributed by atoms with Gasteiger partial charge in [-0.3, -0.25) is 0 Å². The molecule has 0 aromatic heterocycles. The zero-order valence-electron chi connectivity index (χ0n) is 8.72. The molecule has 1 heterocycles. The van der Waals surface area contributed by atoms with Crippen LogP contribution in [0.15, 0.2) is 16.6 Å². The molecule has 80 valence electrons. The summed E-state index contributed by atoms with van der Waals surface area (Å²) in [5, 5.41) is 8.79. The summed E-state index contributed by atoms with van der Waals surface area (Å²) in [6.45, 7) is 0.754. The average Bonchev–Trinajstić information content (AvgIpc) is 2.85. The van der Waals surface area contributed by atoms with Gasteiger partial charge in [0.2, 0.25) is 0 Å². The molecule has 0 unspecified atom stereocenters. The summed E-state index contributed by atoms with van der Waals surface area (Å²) in [6.07, 6.45) is 4.65. The third-order valence-electron chi connectivity index (χ3n) is 3.24. The van der Waals surface area contributed by atoms with Crippen LogP contribution in [-0.4, -0.2) is 6.61 Å². The average molecular weight is 276 g/mol. The Bertz CT molecular complexity index is 540. The number of benzene rings is 1. The molecule has 1 aromatic rings. The van der Waals surface area contributed by atoms with E-state index in [4.69, 9.17) is 10.00 Å². The Kier molecular flexibility index (Phi) is 2.26. The Morgan fingerprint density at radius 1 is 1.38 bits per heavy atom. The molecule has 2 aliphatic rings. The maximum atomic E-state index is 8.79.